The molecule has 2 N–H and O–H groups in total. The van der Waals surface area contributed by atoms with Gasteiger partial charge >= 0.3 is 0 Å². The van der Waals surface area contributed by atoms with Gasteiger partial charge in [0.2, 0.25) is 10.0 Å². The van der Waals surface area contributed by atoms with Crippen molar-refractivity contribution in [3.63, 3.8) is 0 Å². The van der Waals surface area contributed by atoms with Gasteiger partial charge in [0.25, 0.3) is 5.69 Å². The van der Waals surface area contributed by atoms with Gasteiger partial charge in [-0.1, -0.05) is 6.07 Å². The standard InChI is InChI=1S/C9H12FN3O4S.ClH/c1-11-5-6-12-18(16,17)9-7(10)3-2-4-8(9)13(14)15;/h2-4,11-12H,5-6H2,1H3;1H. The molecule has 0 amide bonds. The van der Waals surface area contributed by atoms with Gasteiger partial charge in [-0.2, -0.15) is 0 Å². The molecule has 19 heavy (non-hydrogen) atoms. The van der Waals surface area contributed by atoms with Crippen LogP contribution in [0.15, 0.2) is 23.1 Å². The molecule has 0 fully saturated rings. The third-order valence-electron chi connectivity index (χ3n) is 2.08. The Balaban J connectivity index is 0.00000324. The zero-order chi connectivity index (χ0) is 13.8. The second-order valence-corrected chi connectivity index (χ2v) is 5.05. The van der Waals surface area contributed by atoms with Gasteiger partial charge in [-0.3, -0.25) is 10.1 Å². The molecule has 0 saturated carbocycles. The first-order chi connectivity index (χ1) is 8.40. The Morgan fingerprint density at radius 1 is 1.37 bits per heavy atom. The topological polar surface area (TPSA) is 101 Å². The van der Waals surface area contributed by atoms with Gasteiger partial charge in [0.05, 0.1) is 4.92 Å². The number of benzene rings is 1. The van der Waals surface area contributed by atoms with E-state index >= 15 is 0 Å². The summed E-state index contributed by atoms with van der Waals surface area (Å²) in [5.74, 6) is -1.15. The van der Waals surface area contributed by atoms with Crippen LogP contribution in [0.25, 0.3) is 0 Å². The van der Waals surface area contributed by atoms with Crippen molar-refractivity contribution in [2.24, 2.45) is 0 Å². The number of sulfonamides is 1. The number of hydrogen-bond acceptors (Lipinski definition) is 5. The van der Waals surface area contributed by atoms with E-state index in [0.717, 1.165) is 18.2 Å². The van der Waals surface area contributed by atoms with Crippen LogP contribution in [0.2, 0.25) is 0 Å². The normalized spacial score (nSPS) is 10.8. The highest BCUT2D eigenvalue weighted by Crippen LogP contribution is 2.25. The van der Waals surface area contributed by atoms with E-state index in [-0.39, 0.29) is 19.0 Å². The molecule has 0 unspecified atom stereocenters. The number of nitrogens with zero attached hydrogens (tertiary/aromatic N) is 1. The van der Waals surface area contributed by atoms with Crippen LogP contribution >= 0.6 is 12.4 Å². The van der Waals surface area contributed by atoms with Crippen LogP contribution in [0.3, 0.4) is 0 Å². The van der Waals surface area contributed by atoms with E-state index in [0.29, 0.717) is 6.54 Å². The Bertz CT molecular complexity index is 552. The summed E-state index contributed by atoms with van der Waals surface area (Å²) in [7, 11) is -2.63. The van der Waals surface area contributed by atoms with Gasteiger partial charge in [-0.15, -0.1) is 12.4 Å². The van der Waals surface area contributed by atoms with Crippen LogP contribution in [0.4, 0.5) is 10.1 Å². The van der Waals surface area contributed by atoms with Crippen molar-refractivity contribution in [2.75, 3.05) is 20.1 Å². The van der Waals surface area contributed by atoms with Crippen molar-refractivity contribution < 1.29 is 17.7 Å². The highest BCUT2D eigenvalue weighted by molar-refractivity contribution is 7.89. The van der Waals surface area contributed by atoms with E-state index in [1.54, 1.807) is 7.05 Å². The van der Waals surface area contributed by atoms with Gasteiger partial charge in [-0.25, -0.2) is 17.5 Å². The molecule has 0 atom stereocenters. The predicted molar refractivity (Wildman–Crippen MR) is 69.4 cm³/mol. The van der Waals surface area contributed by atoms with Crippen LogP contribution in [-0.4, -0.2) is 33.5 Å². The Morgan fingerprint density at radius 2 is 2.00 bits per heavy atom. The first kappa shape index (κ1) is 17.7. The lowest BCUT2D eigenvalue weighted by Gasteiger charge is -2.07. The lowest BCUT2D eigenvalue weighted by Crippen LogP contribution is -2.31. The molecule has 10 heteroatoms. The predicted octanol–water partition coefficient (Wildman–Crippen LogP) is 0.653. The molecule has 0 aliphatic rings. The van der Waals surface area contributed by atoms with Crippen molar-refractivity contribution >= 4 is 28.1 Å². The van der Waals surface area contributed by atoms with E-state index in [1.807, 2.05) is 0 Å². The van der Waals surface area contributed by atoms with Crippen LogP contribution in [0.1, 0.15) is 0 Å². The van der Waals surface area contributed by atoms with Crippen molar-refractivity contribution in [1.29, 1.82) is 0 Å². The van der Waals surface area contributed by atoms with Gasteiger partial charge in [-0.05, 0) is 13.1 Å². The molecule has 1 aromatic carbocycles. The molecule has 108 valence electrons. The van der Waals surface area contributed by atoms with Gasteiger partial charge in [0.1, 0.15) is 5.82 Å². The molecular weight excluding hydrogens is 301 g/mol. The molecule has 0 bridgehead atoms. The van der Waals surface area contributed by atoms with E-state index < -0.39 is 31.3 Å². The van der Waals surface area contributed by atoms with E-state index in [1.165, 1.54) is 0 Å². The smallest absolute Gasteiger partial charge is 0.292 e. The quantitative estimate of drug-likeness (QED) is 0.456. The number of nitrogens with one attached hydrogen (secondary N) is 2. The molecule has 0 heterocycles. The minimum atomic E-state index is -4.25. The lowest BCUT2D eigenvalue weighted by molar-refractivity contribution is -0.388. The third-order valence-corrected chi connectivity index (χ3v) is 3.60. The highest BCUT2D eigenvalue weighted by atomic mass is 35.5. The summed E-state index contributed by atoms with van der Waals surface area (Å²) in [6.07, 6.45) is 0. The molecule has 1 rings (SSSR count). The number of hydrogen-bond donors (Lipinski definition) is 2. The van der Waals surface area contributed by atoms with Crippen LogP contribution in [-0.2, 0) is 10.0 Å². The lowest BCUT2D eigenvalue weighted by atomic mass is 10.3. The van der Waals surface area contributed by atoms with Gasteiger partial charge in [0.15, 0.2) is 4.90 Å². The van der Waals surface area contributed by atoms with E-state index in [9.17, 15) is 22.9 Å². The average Bonchev–Trinajstić information content (AvgIpc) is 2.28. The van der Waals surface area contributed by atoms with Crippen molar-refractivity contribution in [3.8, 4) is 0 Å². The fourth-order valence-electron chi connectivity index (χ4n) is 1.29. The number of halogens is 2. The molecular formula is C9H13ClFN3O4S. The minimum Gasteiger partial charge on any atom is -0.318 e. The summed E-state index contributed by atoms with van der Waals surface area (Å²) in [5, 5.41) is 13.4. The summed E-state index contributed by atoms with van der Waals surface area (Å²) >= 11 is 0. The zero-order valence-corrected chi connectivity index (χ0v) is 11.6. The molecule has 0 spiro atoms. The number of rotatable bonds is 6. The highest BCUT2D eigenvalue weighted by Gasteiger charge is 2.29. The Hall–Kier alpha value is -1.29. The minimum absolute atomic E-state index is 0. The Kier molecular flexibility index (Phi) is 6.84. The Morgan fingerprint density at radius 3 is 2.53 bits per heavy atom. The summed E-state index contributed by atoms with van der Waals surface area (Å²) in [4.78, 5) is 8.81. The number of nitro groups is 1. The summed E-state index contributed by atoms with van der Waals surface area (Å²) in [6, 6.07) is 2.88. The van der Waals surface area contributed by atoms with Crippen LogP contribution in [0.5, 0.6) is 0 Å². The molecule has 0 aliphatic heterocycles. The van der Waals surface area contributed by atoms with Gasteiger partial charge < -0.3 is 5.32 Å². The molecule has 0 aliphatic carbocycles. The SMILES string of the molecule is CNCCNS(=O)(=O)c1c(F)cccc1[N+](=O)[O-].Cl. The van der Waals surface area contributed by atoms with Crippen LogP contribution in [0, 0.1) is 15.9 Å². The Labute approximate surface area is 115 Å². The van der Waals surface area contributed by atoms with Crippen molar-refractivity contribution in [3.05, 3.63) is 34.1 Å². The maximum absolute atomic E-state index is 13.5. The van der Waals surface area contributed by atoms with Crippen LogP contribution < -0.4 is 10.0 Å². The zero-order valence-electron chi connectivity index (χ0n) is 9.92. The first-order valence-electron chi connectivity index (χ1n) is 4.97. The summed E-state index contributed by atoms with van der Waals surface area (Å²) < 4.78 is 39.1. The molecule has 0 saturated heterocycles. The maximum Gasteiger partial charge on any atom is 0.292 e. The fourth-order valence-corrected chi connectivity index (χ4v) is 2.55. The second kappa shape index (κ2) is 7.34. The molecule has 7 nitrogen and oxygen atoms in total. The fraction of sp³-hybridized carbons (Fsp3) is 0.333. The van der Waals surface area contributed by atoms with Gasteiger partial charge in [0, 0.05) is 19.2 Å². The third kappa shape index (κ3) is 4.39. The second-order valence-electron chi connectivity index (χ2n) is 3.35. The molecule has 0 aromatic heterocycles. The largest absolute Gasteiger partial charge is 0.318 e. The van der Waals surface area contributed by atoms with Crippen molar-refractivity contribution in [2.45, 2.75) is 4.90 Å². The first-order valence-corrected chi connectivity index (χ1v) is 6.45. The summed E-state index contributed by atoms with van der Waals surface area (Å²) in [6.45, 7) is 0.325. The molecule has 1 aromatic rings. The maximum atomic E-state index is 13.5. The van der Waals surface area contributed by atoms with Crippen molar-refractivity contribution in [1.82, 2.24) is 10.0 Å². The van der Waals surface area contributed by atoms with E-state index in [2.05, 4.69) is 10.0 Å². The molecule has 0 radical (unpaired) electrons. The van der Waals surface area contributed by atoms with E-state index in [4.69, 9.17) is 0 Å². The summed E-state index contributed by atoms with van der Waals surface area (Å²) in [5.41, 5.74) is -0.785. The number of likely N-dealkylation sites (N-methyl/N-ethyl adjacent to an activating group) is 1. The number of nitro benzene ring substituents is 1. The monoisotopic (exact) mass is 313 g/mol. The average molecular weight is 314 g/mol.